The molecule has 0 aliphatic carbocycles. The van der Waals surface area contributed by atoms with Crippen LogP contribution in [0.5, 0.6) is 0 Å². The van der Waals surface area contributed by atoms with Crippen molar-refractivity contribution >= 4 is 17.6 Å². The second-order valence-electron chi connectivity index (χ2n) is 3.93. The zero-order valence-electron chi connectivity index (χ0n) is 8.77. The largest absolute Gasteiger partial charge is 0.383 e. The van der Waals surface area contributed by atoms with E-state index in [4.69, 9.17) is 11.5 Å². The fraction of sp³-hybridized carbons (Fsp3) is 0.556. The Morgan fingerprint density at radius 1 is 1.47 bits per heavy atom. The van der Waals surface area contributed by atoms with E-state index in [-0.39, 0.29) is 5.95 Å². The topological polar surface area (TPSA) is 93.1 Å². The summed E-state index contributed by atoms with van der Waals surface area (Å²) in [6.45, 7) is 2.12. The molecule has 15 heavy (non-hydrogen) atoms. The van der Waals surface area contributed by atoms with Gasteiger partial charge in [-0.25, -0.2) is 0 Å². The first-order chi connectivity index (χ1) is 7.13. The first-order valence-electron chi connectivity index (χ1n) is 4.98. The molecule has 0 saturated carbocycles. The van der Waals surface area contributed by atoms with E-state index in [1.807, 2.05) is 0 Å². The molecule has 6 heteroatoms. The summed E-state index contributed by atoms with van der Waals surface area (Å²) in [7, 11) is 2.10. The predicted molar refractivity (Wildman–Crippen MR) is 60.4 cm³/mol. The number of likely N-dealkylation sites (N-methyl/N-ethyl adjacent to an activating group) is 1. The molecule has 1 unspecified atom stereocenters. The van der Waals surface area contributed by atoms with Gasteiger partial charge in [0.25, 0.3) is 0 Å². The molecular weight excluding hydrogens is 192 g/mol. The highest BCUT2D eigenvalue weighted by atomic mass is 15.2. The van der Waals surface area contributed by atoms with Gasteiger partial charge in [0.1, 0.15) is 11.6 Å². The summed E-state index contributed by atoms with van der Waals surface area (Å²) >= 11 is 0. The molecule has 0 amide bonds. The van der Waals surface area contributed by atoms with Gasteiger partial charge >= 0.3 is 0 Å². The molecule has 2 heterocycles. The van der Waals surface area contributed by atoms with Gasteiger partial charge in [0, 0.05) is 18.7 Å². The van der Waals surface area contributed by atoms with Gasteiger partial charge in [0.05, 0.1) is 0 Å². The third kappa shape index (κ3) is 2.47. The Labute approximate surface area is 88.7 Å². The molecular formula is C9H16N6. The maximum absolute atomic E-state index is 5.58. The zero-order valence-corrected chi connectivity index (χ0v) is 8.77. The molecule has 0 spiro atoms. The molecule has 1 atom stereocenters. The highest BCUT2D eigenvalue weighted by Crippen LogP contribution is 2.15. The molecule has 1 aromatic rings. The third-order valence-electron chi connectivity index (χ3n) is 2.51. The number of hydrogen-bond donors (Lipinski definition) is 3. The highest BCUT2D eigenvalue weighted by molar-refractivity contribution is 5.49. The average molecular weight is 208 g/mol. The van der Waals surface area contributed by atoms with Crippen LogP contribution in [0.25, 0.3) is 0 Å². The Morgan fingerprint density at radius 2 is 2.27 bits per heavy atom. The Kier molecular flexibility index (Phi) is 2.59. The van der Waals surface area contributed by atoms with Gasteiger partial charge in [-0.05, 0) is 20.0 Å². The van der Waals surface area contributed by atoms with Crippen molar-refractivity contribution in [2.24, 2.45) is 0 Å². The van der Waals surface area contributed by atoms with Gasteiger partial charge in [0.15, 0.2) is 0 Å². The molecule has 0 aromatic carbocycles. The summed E-state index contributed by atoms with van der Waals surface area (Å²) in [6, 6.07) is 2.12. The number of likely N-dealkylation sites (tertiary alicyclic amines) is 1. The van der Waals surface area contributed by atoms with Crippen LogP contribution >= 0.6 is 0 Å². The molecule has 1 fully saturated rings. The number of nitrogens with zero attached hydrogens (tertiary/aromatic N) is 3. The molecule has 6 nitrogen and oxygen atoms in total. The van der Waals surface area contributed by atoms with Crippen LogP contribution in [0.4, 0.5) is 17.6 Å². The third-order valence-corrected chi connectivity index (χ3v) is 2.51. The van der Waals surface area contributed by atoms with Crippen molar-refractivity contribution in [1.82, 2.24) is 14.9 Å². The van der Waals surface area contributed by atoms with Crippen LogP contribution in [-0.4, -0.2) is 41.0 Å². The second-order valence-corrected chi connectivity index (χ2v) is 3.93. The van der Waals surface area contributed by atoms with Crippen LogP contribution in [0.1, 0.15) is 6.42 Å². The van der Waals surface area contributed by atoms with Crippen LogP contribution in [0.2, 0.25) is 0 Å². The number of anilines is 3. The second kappa shape index (κ2) is 3.90. The van der Waals surface area contributed by atoms with Crippen molar-refractivity contribution in [3.05, 3.63) is 6.07 Å². The Hall–Kier alpha value is -1.56. The molecule has 1 aromatic heterocycles. The molecule has 0 bridgehead atoms. The van der Waals surface area contributed by atoms with Crippen LogP contribution in [0.3, 0.4) is 0 Å². The lowest BCUT2D eigenvalue weighted by molar-refractivity contribution is 0.414. The van der Waals surface area contributed by atoms with E-state index >= 15 is 0 Å². The van der Waals surface area contributed by atoms with Crippen molar-refractivity contribution in [3.63, 3.8) is 0 Å². The van der Waals surface area contributed by atoms with E-state index in [1.165, 1.54) is 0 Å². The standard InChI is InChI=1S/C9H16N6/c1-15-3-2-6(5-15)12-8-4-7(10)13-9(11)14-8/h4,6H,2-3,5H2,1H3,(H5,10,11,12,13,14). The predicted octanol–water partition coefficient (Wildman–Crippen LogP) is -0.243. The maximum Gasteiger partial charge on any atom is 0.223 e. The number of nitrogen functional groups attached to an aromatic ring is 2. The van der Waals surface area contributed by atoms with Crippen molar-refractivity contribution in [2.75, 3.05) is 36.9 Å². The first kappa shape index (κ1) is 9.97. The first-order valence-corrected chi connectivity index (χ1v) is 4.98. The van der Waals surface area contributed by atoms with Crippen LogP contribution in [-0.2, 0) is 0 Å². The number of nitrogens with one attached hydrogen (secondary N) is 1. The zero-order chi connectivity index (χ0) is 10.8. The SMILES string of the molecule is CN1CCC(Nc2cc(N)nc(N)n2)C1. The van der Waals surface area contributed by atoms with Crippen LogP contribution < -0.4 is 16.8 Å². The number of aromatic nitrogens is 2. The molecule has 2 rings (SSSR count). The Morgan fingerprint density at radius 3 is 2.87 bits per heavy atom. The lowest BCUT2D eigenvalue weighted by Gasteiger charge is -2.13. The summed E-state index contributed by atoms with van der Waals surface area (Å²) in [6.07, 6.45) is 1.11. The normalized spacial score (nSPS) is 21.8. The monoisotopic (exact) mass is 208 g/mol. The smallest absolute Gasteiger partial charge is 0.223 e. The maximum atomic E-state index is 5.58. The number of hydrogen-bond acceptors (Lipinski definition) is 6. The molecule has 0 radical (unpaired) electrons. The van der Waals surface area contributed by atoms with Crippen molar-refractivity contribution < 1.29 is 0 Å². The summed E-state index contributed by atoms with van der Waals surface area (Å²) in [5.74, 6) is 1.32. The molecule has 1 aliphatic heterocycles. The minimum atomic E-state index is 0.212. The average Bonchev–Trinajstić information content (AvgIpc) is 2.49. The van der Waals surface area contributed by atoms with Crippen molar-refractivity contribution in [3.8, 4) is 0 Å². The molecule has 5 N–H and O–H groups in total. The lowest BCUT2D eigenvalue weighted by Crippen LogP contribution is -2.24. The van der Waals surface area contributed by atoms with Gasteiger partial charge in [-0.15, -0.1) is 0 Å². The molecule has 1 saturated heterocycles. The number of nitrogens with two attached hydrogens (primary N) is 2. The fourth-order valence-corrected chi connectivity index (χ4v) is 1.82. The van der Waals surface area contributed by atoms with E-state index in [0.717, 1.165) is 19.5 Å². The van der Waals surface area contributed by atoms with Crippen LogP contribution in [0.15, 0.2) is 6.07 Å². The summed E-state index contributed by atoms with van der Waals surface area (Å²) in [5.41, 5.74) is 11.1. The van der Waals surface area contributed by atoms with Gasteiger partial charge in [0.2, 0.25) is 5.95 Å². The van der Waals surface area contributed by atoms with E-state index < -0.39 is 0 Å². The number of rotatable bonds is 2. The van der Waals surface area contributed by atoms with Gasteiger partial charge in [-0.3, -0.25) is 0 Å². The minimum Gasteiger partial charge on any atom is -0.383 e. The lowest BCUT2D eigenvalue weighted by atomic mass is 10.2. The van der Waals surface area contributed by atoms with E-state index in [1.54, 1.807) is 6.07 Å². The van der Waals surface area contributed by atoms with E-state index in [2.05, 4.69) is 27.2 Å². The fourth-order valence-electron chi connectivity index (χ4n) is 1.82. The van der Waals surface area contributed by atoms with Gasteiger partial charge in [-0.2, -0.15) is 9.97 Å². The van der Waals surface area contributed by atoms with Crippen LogP contribution in [0, 0.1) is 0 Å². The van der Waals surface area contributed by atoms with Crippen molar-refractivity contribution in [1.29, 1.82) is 0 Å². The quantitative estimate of drug-likeness (QED) is 0.621. The van der Waals surface area contributed by atoms with E-state index in [0.29, 0.717) is 17.7 Å². The Bertz CT molecular complexity index is 332. The summed E-state index contributed by atoms with van der Waals surface area (Å²) in [5, 5.41) is 3.30. The van der Waals surface area contributed by atoms with E-state index in [9.17, 15) is 0 Å². The Balaban J connectivity index is 2.04. The van der Waals surface area contributed by atoms with Crippen molar-refractivity contribution in [2.45, 2.75) is 12.5 Å². The van der Waals surface area contributed by atoms with Gasteiger partial charge < -0.3 is 21.7 Å². The highest BCUT2D eigenvalue weighted by Gasteiger charge is 2.19. The summed E-state index contributed by atoms with van der Waals surface area (Å²) < 4.78 is 0. The summed E-state index contributed by atoms with van der Waals surface area (Å²) in [4.78, 5) is 10.2. The van der Waals surface area contributed by atoms with Gasteiger partial charge in [-0.1, -0.05) is 0 Å². The molecule has 82 valence electrons. The molecule has 1 aliphatic rings. The minimum absolute atomic E-state index is 0.212.